The predicted octanol–water partition coefficient (Wildman–Crippen LogP) is 3.55. The lowest BCUT2D eigenvalue weighted by Gasteiger charge is -2.06. The van der Waals surface area contributed by atoms with Crippen molar-refractivity contribution in [1.29, 1.82) is 5.26 Å². The summed E-state index contributed by atoms with van der Waals surface area (Å²) in [5.74, 6) is -0.0138. The van der Waals surface area contributed by atoms with Crippen LogP contribution < -0.4 is 4.74 Å². The molecule has 1 aromatic carbocycles. The van der Waals surface area contributed by atoms with Crippen molar-refractivity contribution in [1.82, 2.24) is 0 Å². The van der Waals surface area contributed by atoms with Crippen molar-refractivity contribution in [2.75, 3.05) is 6.61 Å². The molecule has 2 nitrogen and oxygen atoms in total. The first-order valence-corrected chi connectivity index (χ1v) is 5.06. The minimum absolute atomic E-state index is 0.355. The van der Waals surface area contributed by atoms with Gasteiger partial charge in [-0.05, 0) is 25.0 Å². The van der Waals surface area contributed by atoms with Crippen molar-refractivity contribution in [2.45, 2.75) is 19.3 Å². The average molecular weight is 228 g/mol. The Bertz CT molecular complexity index is 362. The summed E-state index contributed by atoms with van der Waals surface area (Å²) in [6.07, 6.45) is 2.06. The highest BCUT2D eigenvalue weighted by atomic mass is 35.5. The second-order valence-corrected chi connectivity index (χ2v) is 3.45. The van der Waals surface area contributed by atoms with E-state index in [1.165, 1.54) is 18.2 Å². The standard InChI is InChI=1S/C11H11ClFNO/c12-10-5-4-9(13)8-11(10)15-7-3-1-2-6-14/h4-5,8H,1-3,7H2. The molecule has 0 unspecified atom stereocenters. The molecule has 1 rings (SSSR count). The van der Waals surface area contributed by atoms with Gasteiger partial charge in [0.05, 0.1) is 17.7 Å². The van der Waals surface area contributed by atoms with Gasteiger partial charge >= 0.3 is 0 Å². The van der Waals surface area contributed by atoms with Gasteiger partial charge in [-0.25, -0.2) is 4.39 Å². The third-order valence-electron chi connectivity index (χ3n) is 1.83. The number of unbranched alkanes of at least 4 members (excludes halogenated alkanes) is 2. The van der Waals surface area contributed by atoms with Crippen molar-refractivity contribution in [3.05, 3.63) is 29.0 Å². The van der Waals surface area contributed by atoms with Gasteiger partial charge in [-0.3, -0.25) is 0 Å². The third-order valence-corrected chi connectivity index (χ3v) is 2.15. The molecule has 0 aliphatic carbocycles. The predicted molar refractivity (Wildman–Crippen MR) is 56.4 cm³/mol. The zero-order valence-corrected chi connectivity index (χ0v) is 8.93. The molecule has 15 heavy (non-hydrogen) atoms. The Balaban J connectivity index is 2.37. The van der Waals surface area contributed by atoms with Gasteiger partial charge in [0, 0.05) is 12.5 Å². The minimum atomic E-state index is -0.369. The lowest BCUT2D eigenvalue weighted by molar-refractivity contribution is 0.306. The summed E-state index contributed by atoms with van der Waals surface area (Å²) in [4.78, 5) is 0. The molecule has 0 aromatic heterocycles. The highest BCUT2D eigenvalue weighted by Gasteiger charge is 2.02. The van der Waals surface area contributed by atoms with Gasteiger partial charge in [0.2, 0.25) is 0 Å². The van der Waals surface area contributed by atoms with Crippen molar-refractivity contribution in [3.8, 4) is 11.8 Å². The molecule has 0 spiro atoms. The molecule has 0 saturated heterocycles. The normalized spacial score (nSPS) is 9.67. The second kappa shape index (κ2) is 6.26. The largest absolute Gasteiger partial charge is 0.492 e. The van der Waals surface area contributed by atoms with Crippen LogP contribution in [0.2, 0.25) is 5.02 Å². The molecular formula is C11H11ClFNO. The monoisotopic (exact) mass is 227 g/mol. The van der Waals surface area contributed by atoms with Gasteiger partial charge in [0.15, 0.2) is 0 Å². The third kappa shape index (κ3) is 4.18. The SMILES string of the molecule is N#CCCCCOc1cc(F)ccc1Cl. The van der Waals surface area contributed by atoms with Gasteiger partial charge in [-0.2, -0.15) is 5.26 Å². The number of hydrogen-bond donors (Lipinski definition) is 0. The topological polar surface area (TPSA) is 33.0 Å². The van der Waals surface area contributed by atoms with E-state index < -0.39 is 0 Å². The van der Waals surface area contributed by atoms with Gasteiger partial charge in [0.1, 0.15) is 11.6 Å². The molecule has 80 valence electrons. The summed E-state index contributed by atoms with van der Waals surface area (Å²) in [6, 6.07) is 6.04. The van der Waals surface area contributed by atoms with Crippen LogP contribution in [0.1, 0.15) is 19.3 Å². The Labute approximate surface area is 93.2 Å². The van der Waals surface area contributed by atoms with Crippen LogP contribution in [0.4, 0.5) is 4.39 Å². The zero-order chi connectivity index (χ0) is 11.1. The number of nitrogens with zero attached hydrogens (tertiary/aromatic N) is 1. The van der Waals surface area contributed by atoms with Crippen molar-refractivity contribution < 1.29 is 9.13 Å². The van der Waals surface area contributed by atoms with Crippen LogP contribution in [0.25, 0.3) is 0 Å². The zero-order valence-electron chi connectivity index (χ0n) is 8.17. The lowest BCUT2D eigenvalue weighted by Crippen LogP contribution is -1.98. The minimum Gasteiger partial charge on any atom is -0.492 e. The first-order valence-electron chi connectivity index (χ1n) is 4.69. The van der Waals surface area contributed by atoms with E-state index in [1.54, 1.807) is 0 Å². The van der Waals surface area contributed by atoms with Gasteiger partial charge in [0.25, 0.3) is 0 Å². The van der Waals surface area contributed by atoms with E-state index in [0.717, 1.165) is 12.8 Å². The number of ether oxygens (including phenoxy) is 1. The van der Waals surface area contributed by atoms with E-state index in [2.05, 4.69) is 0 Å². The number of rotatable bonds is 5. The van der Waals surface area contributed by atoms with E-state index in [0.29, 0.717) is 23.8 Å². The molecule has 0 aliphatic rings. The maximum absolute atomic E-state index is 12.8. The van der Waals surface area contributed by atoms with Crippen LogP contribution in [-0.2, 0) is 0 Å². The summed E-state index contributed by atoms with van der Waals surface area (Å²) < 4.78 is 18.1. The number of nitriles is 1. The average Bonchev–Trinajstić information content (AvgIpc) is 2.23. The fourth-order valence-corrected chi connectivity index (χ4v) is 1.25. The Morgan fingerprint density at radius 3 is 2.93 bits per heavy atom. The van der Waals surface area contributed by atoms with Gasteiger partial charge in [-0.15, -0.1) is 0 Å². The lowest BCUT2D eigenvalue weighted by atomic mass is 10.2. The van der Waals surface area contributed by atoms with E-state index in [4.69, 9.17) is 21.6 Å². The first-order chi connectivity index (χ1) is 7.24. The molecule has 0 saturated carbocycles. The number of halogens is 2. The van der Waals surface area contributed by atoms with E-state index >= 15 is 0 Å². The molecule has 4 heteroatoms. The van der Waals surface area contributed by atoms with Crippen molar-refractivity contribution in [2.24, 2.45) is 0 Å². The fourth-order valence-electron chi connectivity index (χ4n) is 1.08. The molecule has 0 bridgehead atoms. The van der Waals surface area contributed by atoms with Crippen LogP contribution in [-0.4, -0.2) is 6.61 Å². The van der Waals surface area contributed by atoms with Gasteiger partial charge < -0.3 is 4.74 Å². The van der Waals surface area contributed by atoms with Crippen LogP contribution >= 0.6 is 11.6 Å². The Kier molecular flexibility index (Phi) is 4.92. The van der Waals surface area contributed by atoms with E-state index in [1.807, 2.05) is 6.07 Å². The first kappa shape index (κ1) is 11.8. The smallest absolute Gasteiger partial charge is 0.140 e. The fraction of sp³-hybridized carbons (Fsp3) is 0.364. The van der Waals surface area contributed by atoms with Crippen LogP contribution in [0.5, 0.6) is 5.75 Å². The highest BCUT2D eigenvalue weighted by molar-refractivity contribution is 6.32. The Morgan fingerprint density at radius 2 is 2.20 bits per heavy atom. The van der Waals surface area contributed by atoms with Crippen LogP contribution in [0.3, 0.4) is 0 Å². The molecule has 0 N–H and O–H groups in total. The summed E-state index contributed by atoms with van der Waals surface area (Å²) in [6.45, 7) is 0.449. The molecule has 0 aliphatic heterocycles. The number of benzene rings is 1. The van der Waals surface area contributed by atoms with Crippen molar-refractivity contribution in [3.63, 3.8) is 0 Å². The molecule has 0 fully saturated rings. The summed E-state index contributed by atoms with van der Waals surface area (Å²) >= 11 is 5.79. The quantitative estimate of drug-likeness (QED) is 0.721. The second-order valence-electron chi connectivity index (χ2n) is 3.04. The molecule has 0 amide bonds. The molecule has 1 aromatic rings. The number of hydrogen-bond acceptors (Lipinski definition) is 2. The summed E-state index contributed by atoms with van der Waals surface area (Å²) in [7, 11) is 0. The molecule has 0 radical (unpaired) electrons. The van der Waals surface area contributed by atoms with Gasteiger partial charge in [-0.1, -0.05) is 11.6 Å². The maximum atomic E-state index is 12.8. The molecular weight excluding hydrogens is 217 g/mol. The molecule has 0 atom stereocenters. The summed E-state index contributed by atoms with van der Waals surface area (Å²) in [5, 5.41) is 8.70. The van der Waals surface area contributed by atoms with Crippen LogP contribution in [0, 0.1) is 17.1 Å². The van der Waals surface area contributed by atoms with E-state index in [9.17, 15) is 4.39 Å². The van der Waals surface area contributed by atoms with E-state index in [-0.39, 0.29) is 5.82 Å². The highest BCUT2D eigenvalue weighted by Crippen LogP contribution is 2.24. The molecule has 0 heterocycles. The van der Waals surface area contributed by atoms with Crippen LogP contribution in [0.15, 0.2) is 18.2 Å². The Hall–Kier alpha value is -1.27. The van der Waals surface area contributed by atoms with Crippen molar-refractivity contribution >= 4 is 11.6 Å². The summed E-state index contributed by atoms with van der Waals surface area (Å²) in [5.41, 5.74) is 0. The maximum Gasteiger partial charge on any atom is 0.140 e. The Morgan fingerprint density at radius 1 is 1.40 bits per heavy atom.